The van der Waals surface area contributed by atoms with Crippen LogP contribution in [0.5, 0.6) is 0 Å². The third-order valence-corrected chi connectivity index (χ3v) is 2.96. The highest BCUT2D eigenvalue weighted by Gasteiger charge is 2.10. The molecule has 4 heteroatoms. The lowest BCUT2D eigenvalue weighted by atomic mass is 10.2. The summed E-state index contributed by atoms with van der Waals surface area (Å²) in [6.07, 6.45) is 5.08. The molecule has 2 aromatic rings. The van der Waals surface area contributed by atoms with Gasteiger partial charge in [0, 0.05) is 6.54 Å². The van der Waals surface area contributed by atoms with E-state index in [0.29, 0.717) is 5.56 Å². The molecule has 0 spiro atoms. The Kier molecular flexibility index (Phi) is 4.57. The maximum Gasteiger partial charge on any atom is 0.147 e. The molecule has 1 aromatic carbocycles. The van der Waals surface area contributed by atoms with Crippen molar-refractivity contribution >= 4 is 5.82 Å². The van der Waals surface area contributed by atoms with Crippen LogP contribution in [0.25, 0.3) is 5.69 Å². The largest absolute Gasteiger partial charge is 0.369 e. The van der Waals surface area contributed by atoms with Crippen molar-refractivity contribution in [3.63, 3.8) is 0 Å². The first kappa shape index (κ1) is 13.2. The summed E-state index contributed by atoms with van der Waals surface area (Å²) in [5.74, 6) is 0.782. The lowest BCUT2D eigenvalue weighted by Gasteiger charge is -2.10. The van der Waals surface area contributed by atoms with Crippen LogP contribution in [-0.2, 0) is 0 Å². The van der Waals surface area contributed by atoms with Gasteiger partial charge in [-0.25, -0.2) is 4.68 Å². The molecule has 0 saturated carbocycles. The quantitative estimate of drug-likeness (QED) is 0.804. The van der Waals surface area contributed by atoms with Gasteiger partial charge in [-0.2, -0.15) is 10.4 Å². The SMILES string of the molecule is CCCCCNc1c(C#N)cnn1-c1ccccc1. The summed E-state index contributed by atoms with van der Waals surface area (Å²) in [6.45, 7) is 3.04. The summed E-state index contributed by atoms with van der Waals surface area (Å²) in [4.78, 5) is 0. The zero-order valence-electron chi connectivity index (χ0n) is 11.1. The maximum atomic E-state index is 9.14. The molecule has 1 aromatic heterocycles. The number of nitrogens with zero attached hydrogens (tertiary/aromatic N) is 3. The Morgan fingerprint density at radius 3 is 2.74 bits per heavy atom. The Morgan fingerprint density at radius 2 is 2.05 bits per heavy atom. The van der Waals surface area contributed by atoms with E-state index in [1.54, 1.807) is 10.9 Å². The molecule has 0 atom stereocenters. The average Bonchev–Trinajstić information content (AvgIpc) is 2.87. The molecule has 0 unspecified atom stereocenters. The van der Waals surface area contributed by atoms with Crippen molar-refractivity contribution in [2.24, 2.45) is 0 Å². The molecule has 19 heavy (non-hydrogen) atoms. The molecular formula is C15H18N4. The molecule has 98 valence electrons. The predicted octanol–water partition coefficient (Wildman–Crippen LogP) is 3.35. The van der Waals surface area contributed by atoms with E-state index in [1.165, 1.54) is 12.8 Å². The first-order valence-electron chi connectivity index (χ1n) is 6.64. The fourth-order valence-electron chi connectivity index (χ4n) is 1.95. The Labute approximate surface area is 113 Å². The number of unbranched alkanes of at least 4 members (excludes halogenated alkanes) is 2. The Bertz CT molecular complexity index is 551. The van der Waals surface area contributed by atoms with E-state index < -0.39 is 0 Å². The molecule has 0 radical (unpaired) electrons. The van der Waals surface area contributed by atoms with Gasteiger partial charge in [-0.05, 0) is 18.6 Å². The zero-order valence-corrected chi connectivity index (χ0v) is 11.1. The van der Waals surface area contributed by atoms with Crippen molar-refractivity contribution in [3.8, 4) is 11.8 Å². The topological polar surface area (TPSA) is 53.6 Å². The summed E-state index contributed by atoms with van der Waals surface area (Å²) < 4.78 is 1.78. The van der Waals surface area contributed by atoms with Crippen molar-refractivity contribution in [2.45, 2.75) is 26.2 Å². The van der Waals surface area contributed by atoms with Crippen LogP contribution in [0.1, 0.15) is 31.7 Å². The average molecular weight is 254 g/mol. The number of rotatable bonds is 6. The third kappa shape index (κ3) is 3.14. The van der Waals surface area contributed by atoms with Crippen LogP contribution < -0.4 is 5.32 Å². The van der Waals surface area contributed by atoms with Crippen molar-refractivity contribution in [3.05, 3.63) is 42.1 Å². The molecule has 0 amide bonds. The molecule has 0 bridgehead atoms. The number of hydrogen-bond acceptors (Lipinski definition) is 3. The second kappa shape index (κ2) is 6.60. The molecule has 0 fully saturated rings. The van der Waals surface area contributed by atoms with Crippen molar-refractivity contribution in [2.75, 3.05) is 11.9 Å². The molecule has 2 rings (SSSR count). The second-order valence-electron chi connectivity index (χ2n) is 4.40. The lowest BCUT2D eigenvalue weighted by molar-refractivity contribution is 0.738. The van der Waals surface area contributed by atoms with E-state index in [9.17, 15) is 0 Å². The predicted molar refractivity (Wildman–Crippen MR) is 76.3 cm³/mol. The van der Waals surface area contributed by atoms with E-state index in [2.05, 4.69) is 23.4 Å². The maximum absolute atomic E-state index is 9.14. The van der Waals surface area contributed by atoms with Gasteiger partial charge in [0.05, 0.1) is 11.9 Å². The fourth-order valence-corrected chi connectivity index (χ4v) is 1.95. The van der Waals surface area contributed by atoms with Crippen LogP contribution in [0.3, 0.4) is 0 Å². The molecule has 0 saturated heterocycles. The number of benzene rings is 1. The van der Waals surface area contributed by atoms with E-state index in [1.807, 2.05) is 30.3 Å². The molecule has 0 aliphatic heterocycles. The minimum absolute atomic E-state index is 0.584. The van der Waals surface area contributed by atoms with E-state index in [4.69, 9.17) is 5.26 Å². The standard InChI is InChI=1S/C15H18N4/c1-2-3-7-10-17-15-13(11-16)12-18-19(15)14-8-5-4-6-9-14/h4-6,8-9,12,17H,2-3,7,10H2,1H3. The van der Waals surface area contributed by atoms with E-state index in [-0.39, 0.29) is 0 Å². The number of para-hydroxylation sites is 1. The van der Waals surface area contributed by atoms with E-state index >= 15 is 0 Å². The number of nitriles is 1. The Morgan fingerprint density at radius 1 is 1.26 bits per heavy atom. The third-order valence-electron chi connectivity index (χ3n) is 2.96. The van der Waals surface area contributed by atoms with Crippen LogP contribution in [0.4, 0.5) is 5.82 Å². The van der Waals surface area contributed by atoms with Crippen LogP contribution >= 0.6 is 0 Å². The highest BCUT2D eigenvalue weighted by Crippen LogP contribution is 2.19. The minimum atomic E-state index is 0.584. The monoisotopic (exact) mass is 254 g/mol. The zero-order chi connectivity index (χ0) is 13.5. The number of hydrogen-bond donors (Lipinski definition) is 1. The van der Waals surface area contributed by atoms with Gasteiger partial charge in [-0.15, -0.1) is 0 Å². The molecule has 1 N–H and O–H groups in total. The summed E-state index contributed by atoms with van der Waals surface area (Å²) in [7, 11) is 0. The van der Waals surface area contributed by atoms with Gasteiger partial charge < -0.3 is 5.32 Å². The van der Waals surface area contributed by atoms with Crippen LogP contribution in [0, 0.1) is 11.3 Å². The summed E-state index contributed by atoms with van der Waals surface area (Å²) in [6, 6.07) is 12.0. The lowest BCUT2D eigenvalue weighted by Crippen LogP contribution is -2.08. The van der Waals surface area contributed by atoms with E-state index in [0.717, 1.165) is 24.5 Å². The molecule has 1 heterocycles. The smallest absolute Gasteiger partial charge is 0.147 e. The van der Waals surface area contributed by atoms with Crippen LogP contribution in [0.15, 0.2) is 36.5 Å². The highest BCUT2D eigenvalue weighted by atomic mass is 15.3. The van der Waals surface area contributed by atoms with Crippen LogP contribution in [-0.4, -0.2) is 16.3 Å². The fraction of sp³-hybridized carbons (Fsp3) is 0.333. The van der Waals surface area contributed by atoms with Crippen molar-refractivity contribution < 1.29 is 0 Å². The normalized spacial score (nSPS) is 10.1. The second-order valence-corrected chi connectivity index (χ2v) is 4.40. The summed E-state index contributed by atoms with van der Waals surface area (Å²) in [5.41, 5.74) is 1.54. The molecule has 0 aliphatic carbocycles. The molecule has 0 aliphatic rings. The van der Waals surface area contributed by atoms with Crippen LogP contribution in [0.2, 0.25) is 0 Å². The summed E-state index contributed by atoms with van der Waals surface area (Å²) in [5, 5.41) is 16.7. The minimum Gasteiger partial charge on any atom is -0.369 e. The summed E-state index contributed by atoms with van der Waals surface area (Å²) >= 11 is 0. The Hall–Kier alpha value is -2.28. The highest BCUT2D eigenvalue weighted by molar-refractivity contribution is 5.55. The van der Waals surface area contributed by atoms with Gasteiger partial charge >= 0.3 is 0 Å². The number of nitrogens with one attached hydrogen (secondary N) is 1. The van der Waals surface area contributed by atoms with Crippen molar-refractivity contribution in [1.29, 1.82) is 5.26 Å². The van der Waals surface area contributed by atoms with Gasteiger partial charge in [0.25, 0.3) is 0 Å². The molecule has 4 nitrogen and oxygen atoms in total. The number of aromatic nitrogens is 2. The first-order chi connectivity index (χ1) is 9.36. The van der Waals surface area contributed by atoms with Gasteiger partial charge in [0.2, 0.25) is 0 Å². The first-order valence-corrected chi connectivity index (χ1v) is 6.64. The molecular weight excluding hydrogens is 236 g/mol. The van der Waals surface area contributed by atoms with Crippen molar-refractivity contribution in [1.82, 2.24) is 9.78 Å². The van der Waals surface area contributed by atoms with Gasteiger partial charge in [-0.1, -0.05) is 38.0 Å². The van der Waals surface area contributed by atoms with Gasteiger partial charge in [0.15, 0.2) is 0 Å². The Balaban J connectivity index is 2.20. The number of anilines is 1. The van der Waals surface area contributed by atoms with Gasteiger partial charge in [-0.3, -0.25) is 0 Å². The van der Waals surface area contributed by atoms with Gasteiger partial charge in [0.1, 0.15) is 17.5 Å².